The Bertz CT molecular complexity index is 556. The number of hydrogen-bond acceptors (Lipinski definition) is 5. The number of amides is 1. The van der Waals surface area contributed by atoms with E-state index in [0.717, 1.165) is 9.40 Å². The van der Waals surface area contributed by atoms with Crippen LogP contribution < -0.4 is 11.1 Å². The molecule has 0 aliphatic rings. The molecule has 6 heteroatoms. The summed E-state index contributed by atoms with van der Waals surface area (Å²) in [5, 5.41) is 14.9. The second-order valence-corrected chi connectivity index (χ2v) is 4.81. The Kier molecular flexibility index (Phi) is 2.22. The summed E-state index contributed by atoms with van der Waals surface area (Å²) < 4.78 is 0.925. The molecule has 0 radical (unpaired) electrons. The molecule has 2 aromatic heterocycles. The lowest BCUT2D eigenvalue weighted by atomic mass is 10.3. The van der Waals surface area contributed by atoms with Crippen LogP contribution in [-0.4, -0.2) is 11.1 Å². The first-order chi connectivity index (χ1) is 6.72. The van der Waals surface area contributed by atoms with E-state index in [-0.39, 0.29) is 0 Å². The Morgan fingerprint density at radius 1 is 1.57 bits per heavy atom. The zero-order valence-electron chi connectivity index (χ0n) is 6.93. The van der Waals surface area contributed by atoms with Crippen LogP contribution in [0.4, 0.5) is 0 Å². The highest BCUT2D eigenvalue weighted by Gasteiger charge is 2.07. The number of fused-ring (bicyclic) bond motifs is 1. The molecule has 2 rings (SSSR count). The van der Waals surface area contributed by atoms with Crippen molar-refractivity contribution < 1.29 is 10.0 Å². The molecule has 0 spiro atoms. The normalized spacial score (nSPS) is 12.1. The molecule has 2 heterocycles. The molecule has 0 unspecified atom stereocenters. The predicted molar refractivity (Wildman–Crippen MR) is 55.6 cm³/mol. The van der Waals surface area contributed by atoms with E-state index in [2.05, 4.69) is 5.16 Å². The maximum Gasteiger partial charge on any atom is 0.258 e. The molecule has 0 saturated heterocycles. The number of carbonyl (C=O) groups excluding carboxylic acids is 1. The van der Waals surface area contributed by atoms with Crippen molar-refractivity contribution >= 4 is 38.0 Å². The predicted octanol–water partition coefficient (Wildman–Crippen LogP) is 1.35. The van der Waals surface area contributed by atoms with Gasteiger partial charge in [0.25, 0.3) is 5.91 Å². The number of nitrogens with two attached hydrogens (primary N) is 1. The van der Waals surface area contributed by atoms with Gasteiger partial charge in [0.15, 0.2) is 0 Å². The number of nitrogens with zero attached hydrogens (tertiary/aromatic N) is 1. The van der Waals surface area contributed by atoms with Gasteiger partial charge in [-0.2, -0.15) is 0 Å². The van der Waals surface area contributed by atoms with Crippen LogP contribution in [0.5, 0.6) is 0 Å². The van der Waals surface area contributed by atoms with Crippen LogP contribution >= 0.6 is 22.7 Å². The van der Waals surface area contributed by atoms with Crippen molar-refractivity contribution in [3.63, 3.8) is 0 Å². The van der Waals surface area contributed by atoms with Crippen molar-refractivity contribution in [2.24, 2.45) is 10.9 Å². The average Bonchev–Trinajstić information content (AvgIpc) is 2.60. The summed E-state index contributed by atoms with van der Waals surface area (Å²) in [4.78, 5) is 11.4. The maximum absolute atomic E-state index is 10.9. The number of rotatable bonds is 1. The molecule has 0 aromatic carbocycles. The summed E-state index contributed by atoms with van der Waals surface area (Å²) in [6, 6.07) is 3.33. The molecule has 72 valence electrons. The molecule has 4 nitrogen and oxygen atoms in total. The largest absolute Gasteiger partial charge is 0.410 e. The monoisotopic (exact) mass is 226 g/mol. The van der Waals surface area contributed by atoms with E-state index in [0.29, 0.717) is 10.2 Å². The minimum Gasteiger partial charge on any atom is -0.410 e. The van der Waals surface area contributed by atoms with Gasteiger partial charge in [0, 0.05) is 5.39 Å². The number of carbonyl (C=O) groups is 1. The summed E-state index contributed by atoms with van der Waals surface area (Å²) in [7, 11) is 0. The van der Waals surface area contributed by atoms with Crippen molar-refractivity contribution in [1.29, 1.82) is 0 Å². The Labute approximate surface area is 86.9 Å². The molecule has 0 saturated carbocycles. The minimum atomic E-state index is -0.456. The van der Waals surface area contributed by atoms with Gasteiger partial charge in [0.05, 0.1) is 8.89 Å². The third-order valence-corrected chi connectivity index (χ3v) is 3.91. The van der Waals surface area contributed by atoms with Crippen LogP contribution in [0.1, 0.15) is 9.67 Å². The third-order valence-electron chi connectivity index (χ3n) is 1.73. The smallest absolute Gasteiger partial charge is 0.258 e. The van der Waals surface area contributed by atoms with Crippen molar-refractivity contribution in [1.82, 2.24) is 0 Å². The van der Waals surface area contributed by atoms with Crippen LogP contribution in [0.15, 0.2) is 22.7 Å². The lowest BCUT2D eigenvalue weighted by Crippen LogP contribution is -2.08. The van der Waals surface area contributed by atoms with Gasteiger partial charge < -0.3 is 10.9 Å². The van der Waals surface area contributed by atoms with Crippen LogP contribution in [0.25, 0.3) is 9.40 Å². The van der Waals surface area contributed by atoms with Gasteiger partial charge in [-0.1, -0.05) is 5.16 Å². The van der Waals surface area contributed by atoms with E-state index < -0.39 is 5.91 Å². The van der Waals surface area contributed by atoms with Crippen LogP contribution in [0, 0.1) is 0 Å². The fraction of sp³-hybridized carbons (Fsp3) is 0. The summed E-state index contributed by atoms with van der Waals surface area (Å²) in [5.41, 5.74) is 5.15. The van der Waals surface area contributed by atoms with Gasteiger partial charge in [-0.3, -0.25) is 4.79 Å². The summed E-state index contributed by atoms with van der Waals surface area (Å²) in [6.07, 6.45) is 0. The lowest BCUT2D eigenvalue weighted by molar-refractivity contribution is 0.100. The van der Waals surface area contributed by atoms with Crippen molar-refractivity contribution in [2.45, 2.75) is 0 Å². The first-order valence-electron chi connectivity index (χ1n) is 3.71. The zero-order valence-corrected chi connectivity index (χ0v) is 8.56. The SMILES string of the molecule is NC(=O)c1cc2c(=NO)ccsc2s1. The molecule has 2 aromatic rings. The highest BCUT2D eigenvalue weighted by Crippen LogP contribution is 2.25. The van der Waals surface area contributed by atoms with Crippen molar-refractivity contribution in [3.8, 4) is 0 Å². The second-order valence-electron chi connectivity index (χ2n) is 2.58. The van der Waals surface area contributed by atoms with Gasteiger partial charge in [0.2, 0.25) is 0 Å². The van der Waals surface area contributed by atoms with Gasteiger partial charge in [0.1, 0.15) is 5.36 Å². The Morgan fingerprint density at radius 3 is 3.00 bits per heavy atom. The molecular formula is C8H6N2O2S2. The Morgan fingerprint density at radius 2 is 2.36 bits per heavy atom. The first kappa shape index (κ1) is 9.17. The van der Waals surface area contributed by atoms with E-state index >= 15 is 0 Å². The van der Waals surface area contributed by atoms with Gasteiger partial charge in [-0.15, -0.1) is 22.7 Å². The van der Waals surface area contributed by atoms with Crippen molar-refractivity contribution in [3.05, 3.63) is 27.7 Å². The van der Waals surface area contributed by atoms with Crippen LogP contribution in [0.3, 0.4) is 0 Å². The van der Waals surface area contributed by atoms with Crippen LogP contribution in [0.2, 0.25) is 0 Å². The topological polar surface area (TPSA) is 75.7 Å². The number of hydrogen-bond donors (Lipinski definition) is 2. The fourth-order valence-corrected chi connectivity index (χ4v) is 3.09. The van der Waals surface area contributed by atoms with Gasteiger partial charge in [-0.25, -0.2) is 0 Å². The molecule has 0 aliphatic heterocycles. The molecule has 3 N–H and O–H groups in total. The number of thiophene rings is 1. The highest BCUT2D eigenvalue weighted by molar-refractivity contribution is 7.37. The zero-order chi connectivity index (χ0) is 10.1. The molecule has 14 heavy (non-hydrogen) atoms. The summed E-state index contributed by atoms with van der Waals surface area (Å²) in [5.74, 6) is -0.456. The third kappa shape index (κ3) is 1.38. The first-order valence-corrected chi connectivity index (χ1v) is 5.41. The summed E-state index contributed by atoms with van der Waals surface area (Å²) in [6.45, 7) is 0. The quantitative estimate of drug-likeness (QED) is 0.569. The maximum atomic E-state index is 10.9. The Hall–Kier alpha value is -1.40. The van der Waals surface area contributed by atoms with E-state index in [4.69, 9.17) is 10.9 Å². The fourth-order valence-electron chi connectivity index (χ4n) is 1.10. The van der Waals surface area contributed by atoms with Crippen molar-refractivity contribution in [2.75, 3.05) is 0 Å². The lowest BCUT2D eigenvalue weighted by Gasteiger charge is -1.85. The molecule has 0 aliphatic carbocycles. The van der Waals surface area contributed by atoms with Gasteiger partial charge >= 0.3 is 0 Å². The highest BCUT2D eigenvalue weighted by atomic mass is 32.2. The standard InChI is InChI=1S/C8H6N2O2S2/c9-7(11)6-3-4-5(10-12)1-2-13-8(4)14-6/h1-3,12H,(H2,9,11). The molecule has 1 amide bonds. The van der Waals surface area contributed by atoms with Crippen LogP contribution in [-0.2, 0) is 0 Å². The van der Waals surface area contributed by atoms with E-state index in [1.54, 1.807) is 17.5 Å². The second kappa shape index (κ2) is 3.39. The summed E-state index contributed by atoms with van der Waals surface area (Å²) >= 11 is 2.79. The van der Waals surface area contributed by atoms with Gasteiger partial charge in [-0.05, 0) is 17.5 Å². The molecular weight excluding hydrogens is 220 g/mol. The minimum absolute atomic E-state index is 0.456. The average molecular weight is 226 g/mol. The van der Waals surface area contributed by atoms with E-state index in [9.17, 15) is 4.79 Å². The molecule has 0 fully saturated rings. The van der Waals surface area contributed by atoms with E-state index in [1.165, 1.54) is 22.7 Å². The number of primary amides is 1. The molecule has 0 bridgehead atoms. The molecule has 0 atom stereocenters. The van der Waals surface area contributed by atoms with E-state index in [1.807, 2.05) is 0 Å². The Balaban J connectivity index is 2.83.